The number of anilines is 2. The highest BCUT2D eigenvalue weighted by Gasteiger charge is 2.17. The predicted molar refractivity (Wildman–Crippen MR) is 127 cm³/mol. The first-order valence-electron chi connectivity index (χ1n) is 10.6. The lowest BCUT2D eigenvalue weighted by atomic mass is 10.1. The zero-order valence-corrected chi connectivity index (χ0v) is 18.2. The first kappa shape index (κ1) is 21.2. The van der Waals surface area contributed by atoms with E-state index in [-0.39, 0.29) is 18.7 Å². The van der Waals surface area contributed by atoms with Crippen molar-refractivity contribution in [3.05, 3.63) is 83.7 Å². The number of amides is 2. The van der Waals surface area contributed by atoms with Crippen LogP contribution in [0.1, 0.15) is 39.2 Å². The molecule has 9 nitrogen and oxygen atoms in total. The highest BCUT2D eigenvalue weighted by atomic mass is 16.7. The molecule has 2 amide bonds. The standard InChI is InChI=1S/C25H21N5O4/c1-14(29-24-19-7-3-6-18(23(26)31)22(19)27-12-28-24)15-4-2-5-17(10-15)30-25(32)16-8-9-20-21(11-16)34-13-33-20/h2-12,14H,13H2,1H3,(H2,26,31)(H,30,32)(H,27,28,29)/t14-/m1/s1. The molecule has 1 aromatic heterocycles. The van der Waals surface area contributed by atoms with Gasteiger partial charge in [-0.2, -0.15) is 0 Å². The Labute approximate surface area is 194 Å². The Morgan fingerprint density at radius 1 is 1.00 bits per heavy atom. The lowest BCUT2D eigenvalue weighted by molar-refractivity contribution is 0.0998. The van der Waals surface area contributed by atoms with Gasteiger partial charge in [0.05, 0.1) is 17.1 Å². The lowest BCUT2D eigenvalue weighted by Crippen LogP contribution is -2.14. The molecule has 5 rings (SSSR count). The predicted octanol–water partition coefficient (Wildman–Crippen LogP) is 3.88. The molecule has 1 aliphatic heterocycles. The highest BCUT2D eigenvalue weighted by molar-refractivity contribution is 6.07. The summed E-state index contributed by atoms with van der Waals surface area (Å²) in [5.74, 6) is 0.955. The van der Waals surface area contributed by atoms with Crippen molar-refractivity contribution >= 4 is 34.2 Å². The molecule has 34 heavy (non-hydrogen) atoms. The summed E-state index contributed by atoms with van der Waals surface area (Å²) in [5.41, 5.74) is 8.36. The highest BCUT2D eigenvalue weighted by Crippen LogP contribution is 2.33. The average molecular weight is 455 g/mol. The summed E-state index contributed by atoms with van der Waals surface area (Å²) >= 11 is 0. The van der Waals surface area contributed by atoms with E-state index in [2.05, 4.69) is 20.6 Å². The Morgan fingerprint density at radius 2 is 1.82 bits per heavy atom. The quantitative estimate of drug-likeness (QED) is 0.402. The maximum absolute atomic E-state index is 12.7. The van der Waals surface area contributed by atoms with Crippen molar-refractivity contribution in [2.45, 2.75) is 13.0 Å². The number of rotatable bonds is 6. The molecule has 0 saturated carbocycles. The summed E-state index contributed by atoms with van der Waals surface area (Å²) in [6, 6.07) is 17.7. The maximum atomic E-state index is 12.7. The fourth-order valence-corrected chi connectivity index (χ4v) is 3.82. The van der Waals surface area contributed by atoms with Gasteiger partial charge in [0.2, 0.25) is 6.79 Å². The van der Waals surface area contributed by atoms with Crippen LogP contribution < -0.4 is 25.8 Å². The molecule has 4 N–H and O–H groups in total. The zero-order valence-electron chi connectivity index (χ0n) is 18.2. The minimum absolute atomic E-state index is 0.152. The Hall–Kier alpha value is -4.66. The third-order valence-corrected chi connectivity index (χ3v) is 5.56. The van der Waals surface area contributed by atoms with Crippen LogP contribution >= 0.6 is 0 Å². The summed E-state index contributed by atoms with van der Waals surface area (Å²) < 4.78 is 10.6. The number of fused-ring (bicyclic) bond motifs is 2. The molecule has 2 heterocycles. The number of hydrogen-bond donors (Lipinski definition) is 3. The van der Waals surface area contributed by atoms with Gasteiger partial charge in [0.1, 0.15) is 12.1 Å². The van der Waals surface area contributed by atoms with E-state index < -0.39 is 5.91 Å². The fourth-order valence-electron chi connectivity index (χ4n) is 3.82. The van der Waals surface area contributed by atoms with Crippen LogP contribution in [0, 0.1) is 0 Å². The van der Waals surface area contributed by atoms with Gasteiger partial charge in [0.15, 0.2) is 11.5 Å². The molecule has 0 saturated heterocycles. The normalized spacial score (nSPS) is 12.9. The molecular formula is C25H21N5O4. The molecule has 0 spiro atoms. The number of nitrogens with zero attached hydrogens (tertiary/aromatic N) is 2. The van der Waals surface area contributed by atoms with Gasteiger partial charge in [-0.25, -0.2) is 9.97 Å². The number of hydrogen-bond acceptors (Lipinski definition) is 7. The number of benzene rings is 3. The van der Waals surface area contributed by atoms with E-state index >= 15 is 0 Å². The molecule has 0 fully saturated rings. The van der Waals surface area contributed by atoms with Gasteiger partial charge in [-0.05, 0) is 55.0 Å². The third-order valence-electron chi connectivity index (χ3n) is 5.56. The SMILES string of the molecule is C[C@@H](Nc1ncnc2c(C(N)=O)cccc12)c1cccc(NC(=O)c2ccc3c(c2)OCO3)c1. The molecule has 4 aromatic rings. The molecule has 0 bridgehead atoms. The van der Waals surface area contributed by atoms with Crippen molar-refractivity contribution < 1.29 is 19.1 Å². The smallest absolute Gasteiger partial charge is 0.255 e. The van der Waals surface area contributed by atoms with Crippen LogP contribution in [0.2, 0.25) is 0 Å². The second kappa shape index (κ2) is 8.70. The zero-order chi connectivity index (χ0) is 23.7. The Balaban J connectivity index is 1.35. The average Bonchev–Trinajstić information content (AvgIpc) is 3.32. The van der Waals surface area contributed by atoms with Crippen molar-refractivity contribution in [1.82, 2.24) is 9.97 Å². The number of ether oxygens (including phenoxy) is 2. The minimum Gasteiger partial charge on any atom is -0.454 e. The topological polar surface area (TPSA) is 128 Å². The number of aromatic nitrogens is 2. The van der Waals surface area contributed by atoms with Crippen LogP contribution in [0.3, 0.4) is 0 Å². The second-order valence-electron chi connectivity index (χ2n) is 7.80. The van der Waals surface area contributed by atoms with Crippen molar-refractivity contribution in [1.29, 1.82) is 0 Å². The number of primary amides is 1. The Kier molecular flexibility index (Phi) is 5.43. The number of nitrogens with one attached hydrogen (secondary N) is 2. The molecule has 170 valence electrons. The van der Waals surface area contributed by atoms with Crippen molar-refractivity contribution in [3.63, 3.8) is 0 Å². The number of para-hydroxylation sites is 1. The molecule has 9 heteroatoms. The molecule has 3 aromatic carbocycles. The van der Waals surface area contributed by atoms with Gasteiger partial charge in [-0.3, -0.25) is 9.59 Å². The molecular weight excluding hydrogens is 434 g/mol. The van der Waals surface area contributed by atoms with Gasteiger partial charge in [0, 0.05) is 16.6 Å². The van der Waals surface area contributed by atoms with E-state index in [1.54, 1.807) is 30.3 Å². The van der Waals surface area contributed by atoms with Gasteiger partial charge in [-0.15, -0.1) is 0 Å². The second-order valence-corrected chi connectivity index (χ2v) is 7.80. The first-order chi connectivity index (χ1) is 16.5. The summed E-state index contributed by atoms with van der Waals surface area (Å²) in [6.07, 6.45) is 1.39. The number of nitrogens with two attached hydrogens (primary N) is 1. The largest absolute Gasteiger partial charge is 0.454 e. The molecule has 0 aliphatic carbocycles. The van der Waals surface area contributed by atoms with E-state index in [1.165, 1.54) is 6.33 Å². The molecule has 0 unspecified atom stereocenters. The van der Waals surface area contributed by atoms with Crippen molar-refractivity contribution in [2.75, 3.05) is 17.4 Å². The summed E-state index contributed by atoms with van der Waals surface area (Å²) in [5, 5.41) is 6.97. The molecule has 1 aliphatic rings. The van der Waals surface area contributed by atoms with Crippen LogP contribution in [0.4, 0.5) is 11.5 Å². The summed E-state index contributed by atoms with van der Waals surface area (Å²) in [7, 11) is 0. The van der Waals surface area contributed by atoms with Gasteiger partial charge in [-0.1, -0.05) is 18.2 Å². The minimum atomic E-state index is -0.547. The molecule has 1 atom stereocenters. The van der Waals surface area contributed by atoms with Crippen LogP contribution in [-0.4, -0.2) is 28.6 Å². The fraction of sp³-hybridized carbons (Fsp3) is 0.120. The van der Waals surface area contributed by atoms with Crippen molar-refractivity contribution in [2.24, 2.45) is 5.73 Å². The first-order valence-corrected chi connectivity index (χ1v) is 10.6. The van der Waals surface area contributed by atoms with E-state index in [0.717, 1.165) is 5.56 Å². The van der Waals surface area contributed by atoms with E-state index in [1.807, 2.05) is 37.3 Å². The van der Waals surface area contributed by atoms with Crippen LogP contribution in [-0.2, 0) is 0 Å². The van der Waals surface area contributed by atoms with E-state index in [4.69, 9.17) is 15.2 Å². The lowest BCUT2D eigenvalue weighted by Gasteiger charge is -2.17. The monoisotopic (exact) mass is 455 g/mol. The molecule has 0 radical (unpaired) electrons. The van der Waals surface area contributed by atoms with Gasteiger partial charge < -0.3 is 25.8 Å². The number of carbonyl (C=O) groups is 2. The van der Waals surface area contributed by atoms with Crippen molar-refractivity contribution in [3.8, 4) is 11.5 Å². The van der Waals surface area contributed by atoms with E-state index in [0.29, 0.717) is 45.0 Å². The van der Waals surface area contributed by atoms with Crippen LogP contribution in [0.5, 0.6) is 11.5 Å². The summed E-state index contributed by atoms with van der Waals surface area (Å²) in [6.45, 7) is 2.13. The Bertz CT molecular complexity index is 1420. The van der Waals surface area contributed by atoms with E-state index in [9.17, 15) is 9.59 Å². The summed E-state index contributed by atoms with van der Waals surface area (Å²) in [4.78, 5) is 33.1. The number of carbonyl (C=O) groups excluding carboxylic acids is 2. The maximum Gasteiger partial charge on any atom is 0.255 e. The third kappa shape index (κ3) is 4.06. The van der Waals surface area contributed by atoms with Gasteiger partial charge >= 0.3 is 0 Å². The Morgan fingerprint density at radius 3 is 2.68 bits per heavy atom. The van der Waals surface area contributed by atoms with Crippen LogP contribution in [0.25, 0.3) is 10.9 Å². The van der Waals surface area contributed by atoms with Gasteiger partial charge in [0.25, 0.3) is 11.8 Å². The van der Waals surface area contributed by atoms with Crippen LogP contribution in [0.15, 0.2) is 67.0 Å².